The Labute approximate surface area is 49.7 Å². The highest BCUT2D eigenvalue weighted by Gasteiger charge is 2.10. The second kappa shape index (κ2) is 1.73. The molecule has 0 bridgehead atoms. The van der Waals surface area contributed by atoms with Crippen molar-refractivity contribution in [3.63, 3.8) is 0 Å². The monoisotopic (exact) mass is 128 g/mol. The molecule has 0 aromatic carbocycles. The maximum absolute atomic E-state index is 10.1. The van der Waals surface area contributed by atoms with Crippen LogP contribution in [0, 0.1) is 0 Å². The van der Waals surface area contributed by atoms with E-state index in [-0.39, 0.29) is 11.5 Å². The largest absolute Gasteiger partial charge is 0.476 e. The minimum absolute atomic E-state index is 0.0255. The Balaban J connectivity index is 3.08. The number of aromatic carboxylic acids is 1. The summed E-state index contributed by atoms with van der Waals surface area (Å²) in [6.07, 6.45) is 0. The van der Waals surface area contributed by atoms with Gasteiger partial charge in [-0.3, -0.25) is 0 Å². The average Bonchev–Trinajstić information content (AvgIpc) is 2.13. The third kappa shape index (κ3) is 0.809. The van der Waals surface area contributed by atoms with Crippen molar-refractivity contribution in [3.05, 3.63) is 5.69 Å². The number of carboxylic acids is 1. The van der Waals surface area contributed by atoms with Crippen LogP contribution in [0.1, 0.15) is 10.5 Å². The van der Waals surface area contributed by atoms with Gasteiger partial charge in [-0.15, -0.1) is 5.10 Å². The van der Waals surface area contributed by atoms with Gasteiger partial charge in [0.15, 0.2) is 5.82 Å². The molecule has 0 aliphatic rings. The van der Waals surface area contributed by atoms with Gasteiger partial charge in [-0.25, -0.2) is 9.89 Å². The number of anilines is 1. The van der Waals surface area contributed by atoms with Crippen LogP contribution in [0.5, 0.6) is 0 Å². The molecule has 6 nitrogen and oxygen atoms in total. The van der Waals surface area contributed by atoms with Crippen LogP contribution >= 0.6 is 0 Å². The maximum Gasteiger partial charge on any atom is 0.360 e. The summed E-state index contributed by atoms with van der Waals surface area (Å²) in [5.41, 5.74) is 4.84. The van der Waals surface area contributed by atoms with Gasteiger partial charge in [0.25, 0.3) is 0 Å². The highest BCUT2D eigenvalue weighted by atomic mass is 16.4. The number of hydrogen-bond acceptors (Lipinski definition) is 4. The van der Waals surface area contributed by atoms with Crippen LogP contribution in [0.4, 0.5) is 5.82 Å². The van der Waals surface area contributed by atoms with E-state index in [1.807, 2.05) is 0 Å². The molecule has 4 N–H and O–H groups in total. The van der Waals surface area contributed by atoms with Gasteiger partial charge in [0.2, 0.25) is 5.69 Å². The molecule has 1 aromatic heterocycles. The van der Waals surface area contributed by atoms with Crippen LogP contribution in [0.2, 0.25) is 0 Å². The van der Waals surface area contributed by atoms with Crippen molar-refractivity contribution >= 4 is 11.8 Å². The molecule has 0 spiro atoms. The average molecular weight is 128 g/mol. The normalized spacial score (nSPS) is 9.33. The summed E-state index contributed by atoms with van der Waals surface area (Å²) in [5.74, 6) is -1.20. The zero-order valence-electron chi connectivity index (χ0n) is 4.33. The van der Waals surface area contributed by atoms with Gasteiger partial charge in [-0.05, 0) is 0 Å². The summed E-state index contributed by atoms with van der Waals surface area (Å²) >= 11 is 0. The van der Waals surface area contributed by atoms with E-state index >= 15 is 0 Å². The SMILES string of the molecule is Nc1[nH]nnc1C(=O)O. The van der Waals surface area contributed by atoms with Crippen molar-refractivity contribution < 1.29 is 9.90 Å². The van der Waals surface area contributed by atoms with Gasteiger partial charge in [-0.1, -0.05) is 5.21 Å². The molecule has 0 fully saturated rings. The van der Waals surface area contributed by atoms with Crippen molar-refractivity contribution in [3.8, 4) is 0 Å². The molecule has 0 unspecified atom stereocenters. The fourth-order valence-corrected chi connectivity index (χ4v) is 0.394. The van der Waals surface area contributed by atoms with E-state index in [4.69, 9.17) is 10.8 Å². The number of nitrogens with zero attached hydrogens (tertiary/aromatic N) is 2. The smallest absolute Gasteiger partial charge is 0.360 e. The zero-order chi connectivity index (χ0) is 6.85. The van der Waals surface area contributed by atoms with E-state index in [1.54, 1.807) is 0 Å². The molecule has 1 rings (SSSR count). The number of nitrogens with two attached hydrogens (primary N) is 1. The van der Waals surface area contributed by atoms with Gasteiger partial charge in [0.1, 0.15) is 0 Å². The fraction of sp³-hybridized carbons (Fsp3) is 0. The lowest BCUT2D eigenvalue weighted by atomic mass is 10.4. The Kier molecular flexibility index (Phi) is 1.07. The lowest BCUT2D eigenvalue weighted by Crippen LogP contribution is -2.00. The third-order valence-corrected chi connectivity index (χ3v) is 0.778. The van der Waals surface area contributed by atoms with E-state index in [1.165, 1.54) is 0 Å². The quantitative estimate of drug-likeness (QED) is 0.453. The first-order valence-electron chi connectivity index (χ1n) is 2.11. The van der Waals surface area contributed by atoms with Crippen molar-refractivity contribution in [2.45, 2.75) is 0 Å². The lowest BCUT2D eigenvalue weighted by Gasteiger charge is -1.83. The predicted octanol–water partition coefficient (Wildman–Crippen LogP) is -0.915. The number of rotatable bonds is 1. The van der Waals surface area contributed by atoms with Crippen molar-refractivity contribution in [1.29, 1.82) is 0 Å². The predicted molar refractivity (Wildman–Crippen MR) is 27.8 cm³/mol. The maximum atomic E-state index is 10.1. The number of nitrogens with one attached hydrogen (secondary N) is 1. The van der Waals surface area contributed by atoms with E-state index in [9.17, 15) is 4.79 Å². The first kappa shape index (κ1) is 5.54. The van der Waals surface area contributed by atoms with Gasteiger partial charge < -0.3 is 10.8 Å². The molecular weight excluding hydrogens is 124 g/mol. The molecule has 0 amide bonds. The summed E-state index contributed by atoms with van der Waals surface area (Å²) < 4.78 is 0. The molecule has 1 heterocycles. The van der Waals surface area contributed by atoms with Gasteiger partial charge in [0.05, 0.1) is 0 Å². The number of H-pyrrole nitrogens is 1. The van der Waals surface area contributed by atoms with E-state index in [2.05, 4.69) is 15.4 Å². The molecule has 0 saturated carbocycles. The number of hydrogen-bond donors (Lipinski definition) is 3. The Bertz CT molecular complexity index is 229. The molecule has 48 valence electrons. The first-order valence-corrected chi connectivity index (χ1v) is 2.11. The van der Waals surface area contributed by atoms with E-state index < -0.39 is 5.97 Å². The Morgan fingerprint density at radius 3 is 2.67 bits per heavy atom. The van der Waals surface area contributed by atoms with Gasteiger partial charge in [-0.2, -0.15) is 0 Å². The number of carboxylic acid groups (broad SMARTS) is 1. The van der Waals surface area contributed by atoms with E-state index in [0.29, 0.717) is 0 Å². The minimum atomic E-state index is -1.18. The van der Waals surface area contributed by atoms with Gasteiger partial charge in [0, 0.05) is 0 Å². The number of aromatic nitrogens is 3. The topological polar surface area (TPSA) is 105 Å². The Morgan fingerprint density at radius 1 is 1.78 bits per heavy atom. The van der Waals surface area contributed by atoms with Crippen LogP contribution in [0.3, 0.4) is 0 Å². The molecule has 1 aromatic rings. The van der Waals surface area contributed by atoms with Crippen molar-refractivity contribution in [2.24, 2.45) is 0 Å². The summed E-state index contributed by atoms with van der Waals surface area (Å²) in [6.45, 7) is 0. The molecule has 0 aliphatic carbocycles. The fourth-order valence-electron chi connectivity index (χ4n) is 0.394. The van der Waals surface area contributed by atoms with E-state index in [0.717, 1.165) is 0 Å². The summed E-state index contributed by atoms with van der Waals surface area (Å²) in [6, 6.07) is 0. The number of carbonyl (C=O) groups is 1. The molecule has 0 radical (unpaired) electrons. The molecule has 0 saturated heterocycles. The number of nitrogen functional groups attached to an aromatic ring is 1. The Morgan fingerprint density at radius 2 is 2.44 bits per heavy atom. The lowest BCUT2D eigenvalue weighted by molar-refractivity contribution is 0.0691. The second-order valence-corrected chi connectivity index (χ2v) is 1.38. The summed E-state index contributed by atoms with van der Waals surface area (Å²) in [4.78, 5) is 10.1. The van der Waals surface area contributed by atoms with Crippen LogP contribution < -0.4 is 5.73 Å². The standard InChI is InChI=1S/C3H4N4O2/c4-2-1(3(8)9)5-7-6-2/h(H,8,9)(H3,4,5,6,7). The van der Waals surface area contributed by atoms with Crippen LogP contribution in [-0.4, -0.2) is 26.5 Å². The summed E-state index contributed by atoms with van der Waals surface area (Å²) in [7, 11) is 0. The van der Waals surface area contributed by atoms with Gasteiger partial charge >= 0.3 is 5.97 Å². The molecule has 9 heavy (non-hydrogen) atoms. The van der Waals surface area contributed by atoms with Crippen LogP contribution in [0.15, 0.2) is 0 Å². The second-order valence-electron chi connectivity index (χ2n) is 1.38. The van der Waals surface area contributed by atoms with Crippen LogP contribution in [-0.2, 0) is 0 Å². The minimum Gasteiger partial charge on any atom is -0.476 e. The van der Waals surface area contributed by atoms with Crippen LogP contribution in [0.25, 0.3) is 0 Å². The molecule has 0 atom stereocenters. The highest BCUT2D eigenvalue weighted by molar-refractivity contribution is 5.89. The summed E-state index contributed by atoms with van der Waals surface area (Å²) in [5, 5.41) is 16.8. The molecule has 0 aliphatic heterocycles. The number of aromatic amines is 1. The zero-order valence-corrected chi connectivity index (χ0v) is 4.33. The van der Waals surface area contributed by atoms with Crippen molar-refractivity contribution in [2.75, 3.05) is 5.73 Å². The molecular formula is C3H4N4O2. The highest BCUT2D eigenvalue weighted by Crippen LogP contribution is 1.99. The third-order valence-electron chi connectivity index (χ3n) is 0.778. The Hall–Kier alpha value is -1.59. The first-order chi connectivity index (χ1) is 4.22. The van der Waals surface area contributed by atoms with Crippen molar-refractivity contribution in [1.82, 2.24) is 15.4 Å². The molecule has 6 heteroatoms.